The quantitative estimate of drug-likeness (QED) is 0.708. The van der Waals surface area contributed by atoms with Crippen molar-refractivity contribution in [3.8, 4) is 0 Å². The number of hydrogen-bond acceptors (Lipinski definition) is 3. The van der Waals surface area contributed by atoms with Crippen LogP contribution < -0.4 is 4.90 Å². The molecule has 0 radical (unpaired) electrons. The van der Waals surface area contributed by atoms with E-state index in [1.54, 1.807) is 18.7 Å². The van der Waals surface area contributed by atoms with Gasteiger partial charge in [0.2, 0.25) is 0 Å². The molecule has 0 fully saturated rings. The fourth-order valence-corrected chi connectivity index (χ4v) is 1.20. The van der Waals surface area contributed by atoms with E-state index in [1.165, 1.54) is 0 Å². The molecule has 0 saturated heterocycles. The van der Waals surface area contributed by atoms with E-state index in [1.807, 2.05) is 11.8 Å². The summed E-state index contributed by atoms with van der Waals surface area (Å²) < 4.78 is 0. The van der Waals surface area contributed by atoms with Gasteiger partial charge in [-0.05, 0) is 27.0 Å². The van der Waals surface area contributed by atoms with E-state index in [-0.39, 0.29) is 0 Å². The zero-order valence-corrected chi connectivity index (χ0v) is 8.36. The Balaban J connectivity index is 3.04. The Bertz CT molecular complexity index is 294. The summed E-state index contributed by atoms with van der Waals surface area (Å²) in [4.78, 5) is 10.2. The lowest BCUT2D eigenvalue weighted by atomic mass is 10.2. The first-order chi connectivity index (χ1) is 6.16. The van der Waals surface area contributed by atoms with Crippen molar-refractivity contribution in [2.75, 3.05) is 4.90 Å². The van der Waals surface area contributed by atoms with E-state index in [9.17, 15) is 0 Å². The second kappa shape index (κ2) is 4.03. The van der Waals surface area contributed by atoms with Crippen LogP contribution in [0.4, 0.5) is 5.82 Å². The molecule has 0 aliphatic rings. The third kappa shape index (κ3) is 2.05. The third-order valence-corrected chi connectivity index (χ3v) is 1.87. The normalized spacial score (nSPS) is 10.2. The predicted octanol–water partition coefficient (Wildman–Crippen LogP) is 2.14. The van der Waals surface area contributed by atoms with Crippen LogP contribution >= 0.6 is 0 Å². The van der Waals surface area contributed by atoms with Crippen molar-refractivity contribution in [3.05, 3.63) is 30.9 Å². The molecule has 0 atom stereocenters. The van der Waals surface area contributed by atoms with E-state index in [0.717, 1.165) is 11.4 Å². The first-order valence-corrected chi connectivity index (χ1v) is 4.34. The maximum absolute atomic E-state index is 4.21. The minimum absolute atomic E-state index is 0.367. The summed E-state index contributed by atoms with van der Waals surface area (Å²) in [6.45, 7) is 9.96. The Morgan fingerprint density at radius 1 is 1.54 bits per heavy atom. The van der Waals surface area contributed by atoms with Crippen LogP contribution in [0.25, 0.3) is 0 Å². The highest BCUT2D eigenvalue weighted by molar-refractivity contribution is 5.47. The van der Waals surface area contributed by atoms with Gasteiger partial charge in [-0.1, -0.05) is 6.58 Å². The molecular formula is C10H15N3. The van der Waals surface area contributed by atoms with E-state index in [2.05, 4.69) is 30.4 Å². The van der Waals surface area contributed by atoms with Crippen LogP contribution in [0.2, 0.25) is 0 Å². The van der Waals surface area contributed by atoms with Gasteiger partial charge in [0, 0.05) is 17.8 Å². The second-order valence-corrected chi connectivity index (χ2v) is 3.21. The van der Waals surface area contributed by atoms with Crippen molar-refractivity contribution in [1.82, 2.24) is 9.97 Å². The van der Waals surface area contributed by atoms with Crippen LogP contribution in [-0.2, 0) is 0 Å². The SMILES string of the molecule is C=CN(c1ncncc1C)C(C)C. The molecule has 0 bridgehead atoms. The van der Waals surface area contributed by atoms with Crippen LogP contribution in [0.1, 0.15) is 19.4 Å². The smallest absolute Gasteiger partial charge is 0.139 e. The zero-order valence-electron chi connectivity index (χ0n) is 8.36. The fourth-order valence-electron chi connectivity index (χ4n) is 1.20. The molecule has 0 aromatic carbocycles. The maximum Gasteiger partial charge on any atom is 0.139 e. The summed E-state index contributed by atoms with van der Waals surface area (Å²) in [6, 6.07) is 0.367. The van der Waals surface area contributed by atoms with Crippen LogP contribution in [0.5, 0.6) is 0 Å². The first kappa shape index (κ1) is 9.71. The van der Waals surface area contributed by atoms with Crippen LogP contribution in [0, 0.1) is 6.92 Å². The van der Waals surface area contributed by atoms with Gasteiger partial charge in [0.1, 0.15) is 12.1 Å². The molecular weight excluding hydrogens is 162 g/mol. The second-order valence-electron chi connectivity index (χ2n) is 3.21. The summed E-state index contributed by atoms with van der Waals surface area (Å²) in [5.74, 6) is 0.931. The molecule has 1 aromatic heterocycles. The van der Waals surface area contributed by atoms with Crippen molar-refractivity contribution in [3.63, 3.8) is 0 Å². The van der Waals surface area contributed by atoms with Crippen LogP contribution in [0.3, 0.4) is 0 Å². The molecule has 3 nitrogen and oxygen atoms in total. The van der Waals surface area contributed by atoms with Gasteiger partial charge in [-0.15, -0.1) is 0 Å². The van der Waals surface area contributed by atoms with Gasteiger partial charge >= 0.3 is 0 Å². The molecule has 70 valence electrons. The third-order valence-electron chi connectivity index (χ3n) is 1.87. The molecule has 3 heteroatoms. The molecule has 0 aliphatic carbocycles. The Morgan fingerprint density at radius 3 is 2.69 bits per heavy atom. The lowest BCUT2D eigenvalue weighted by molar-refractivity contribution is 0.766. The molecule has 13 heavy (non-hydrogen) atoms. The van der Waals surface area contributed by atoms with Crippen LogP contribution in [-0.4, -0.2) is 16.0 Å². The molecule has 0 spiro atoms. The lowest BCUT2D eigenvalue weighted by Crippen LogP contribution is -2.26. The van der Waals surface area contributed by atoms with Crippen molar-refractivity contribution < 1.29 is 0 Å². The summed E-state index contributed by atoms with van der Waals surface area (Å²) in [7, 11) is 0. The Labute approximate surface area is 79.1 Å². The molecule has 1 rings (SSSR count). The monoisotopic (exact) mass is 177 g/mol. The number of hydrogen-bond donors (Lipinski definition) is 0. The van der Waals surface area contributed by atoms with Gasteiger partial charge in [-0.3, -0.25) is 0 Å². The predicted molar refractivity (Wildman–Crippen MR) is 54.6 cm³/mol. The number of aromatic nitrogens is 2. The standard InChI is InChI=1S/C10H15N3/c1-5-13(8(2)3)10-9(4)6-11-7-12-10/h5-8H,1H2,2-4H3. The Hall–Kier alpha value is -1.38. The molecule has 1 aromatic rings. The molecule has 1 heterocycles. The molecule has 0 unspecified atom stereocenters. The van der Waals surface area contributed by atoms with Crippen molar-refractivity contribution in [1.29, 1.82) is 0 Å². The van der Waals surface area contributed by atoms with Crippen molar-refractivity contribution in [2.45, 2.75) is 26.8 Å². The van der Waals surface area contributed by atoms with Gasteiger partial charge < -0.3 is 4.90 Å². The molecule has 0 aliphatic heterocycles. The Kier molecular flexibility index (Phi) is 3.01. The van der Waals surface area contributed by atoms with Gasteiger partial charge in [0.25, 0.3) is 0 Å². The summed E-state index contributed by atoms with van der Waals surface area (Å²) in [5, 5.41) is 0. The molecule has 0 amide bonds. The van der Waals surface area contributed by atoms with Crippen molar-refractivity contribution >= 4 is 5.82 Å². The highest BCUT2D eigenvalue weighted by Gasteiger charge is 2.09. The Morgan fingerprint density at radius 2 is 2.23 bits per heavy atom. The first-order valence-electron chi connectivity index (χ1n) is 4.34. The maximum atomic E-state index is 4.21. The fraction of sp³-hybridized carbons (Fsp3) is 0.400. The van der Waals surface area contributed by atoms with E-state index in [0.29, 0.717) is 6.04 Å². The summed E-state index contributed by atoms with van der Waals surface area (Å²) in [5.41, 5.74) is 1.07. The topological polar surface area (TPSA) is 29.0 Å². The number of anilines is 1. The van der Waals surface area contributed by atoms with E-state index >= 15 is 0 Å². The highest BCUT2D eigenvalue weighted by Crippen LogP contribution is 2.17. The number of aryl methyl sites for hydroxylation is 1. The largest absolute Gasteiger partial charge is 0.331 e. The molecule has 0 N–H and O–H groups in total. The zero-order chi connectivity index (χ0) is 9.84. The van der Waals surface area contributed by atoms with E-state index < -0.39 is 0 Å². The summed E-state index contributed by atoms with van der Waals surface area (Å²) >= 11 is 0. The van der Waals surface area contributed by atoms with Crippen molar-refractivity contribution in [2.24, 2.45) is 0 Å². The van der Waals surface area contributed by atoms with Crippen LogP contribution in [0.15, 0.2) is 25.3 Å². The number of nitrogens with zero attached hydrogens (tertiary/aromatic N) is 3. The van der Waals surface area contributed by atoms with E-state index in [4.69, 9.17) is 0 Å². The lowest BCUT2D eigenvalue weighted by Gasteiger charge is -2.24. The van der Waals surface area contributed by atoms with Gasteiger partial charge in [-0.2, -0.15) is 0 Å². The van der Waals surface area contributed by atoms with Gasteiger partial charge in [0.05, 0.1) is 0 Å². The van der Waals surface area contributed by atoms with Gasteiger partial charge in [0.15, 0.2) is 0 Å². The minimum atomic E-state index is 0.367. The average molecular weight is 177 g/mol. The average Bonchev–Trinajstić information content (AvgIpc) is 2.09. The number of rotatable bonds is 3. The molecule has 0 saturated carbocycles. The van der Waals surface area contributed by atoms with Gasteiger partial charge in [-0.25, -0.2) is 9.97 Å². The highest BCUT2D eigenvalue weighted by atomic mass is 15.2. The summed E-state index contributed by atoms with van der Waals surface area (Å²) in [6.07, 6.45) is 5.16. The minimum Gasteiger partial charge on any atom is -0.331 e.